The standard InChI is InChI=1S/C9H12N4O/c1-4-6-11-8-7(9(12-6)14-3)10-5-13(8)2/h5H,4H2,1-3H3. The number of ether oxygens (including phenoxy) is 1. The van der Waals surface area contributed by atoms with Crippen LogP contribution in [0.3, 0.4) is 0 Å². The first-order chi connectivity index (χ1) is 6.76. The number of aryl methyl sites for hydroxylation is 2. The average Bonchev–Trinajstić information content (AvgIpc) is 2.59. The molecule has 0 spiro atoms. The van der Waals surface area contributed by atoms with Crippen LogP contribution in [0.15, 0.2) is 6.33 Å². The van der Waals surface area contributed by atoms with E-state index in [4.69, 9.17) is 4.74 Å². The third-order valence-electron chi connectivity index (χ3n) is 2.08. The molecule has 0 aliphatic rings. The zero-order chi connectivity index (χ0) is 10.1. The van der Waals surface area contributed by atoms with E-state index in [2.05, 4.69) is 15.0 Å². The van der Waals surface area contributed by atoms with Gasteiger partial charge < -0.3 is 9.30 Å². The Balaban J connectivity index is 2.76. The minimum Gasteiger partial charge on any atom is -0.479 e. The number of methoxy groups -OCH3 is 1. The molecule has 0 amide bonds. The van der Waals surface area contributed by atoms with Crippen LogP contribution >= 0.6 is 0 Å². The molecule has 0 atom stereocenters. The van der Waals surface area contributed by atoms with Crippen LogP contribution in [0.2, 0.25) is 0 Å². The summed E-state index contributed by atoms with van der Waals surface area (Å²) in [5.41, 5.74) is 1.53. The Bertz CT molecular complexity index is 463. The number of nitrogens with zero attached hydrogens (tertiary/aromatic N) is 4. The van der Waals surface area contributed by atoms with Gasteiger partial charge in [-0.1, -0.05) is 6.92 Å². The summed E-state index contributed by atoms with van der Waals surface area (Å²) in [5, 5.41) is 0. The first-order valence-corrected chi connectivity index (χ1v) is 4.48. The lowest BCUT2D eigenvalue weighted by atomic mass is 10.4. The largest absolute Gasteiger partial charge is 0.479 e. The van der Waals surface area contributed by atoms with Crippen molar-refractivity contribution in [2.45, 2.75) is 13.3 Å². The Morgan fingerprint density at radius 3 is 2.86 bits per heavy atom. The summed E-state index contributed by atoms with van der Waals surface area (Å²) in [4.78, 5) is 12.8. The van der Waals surface area contributed by atoms with Crippen LogP contribution in [-0.4, -0.2) is 26.6 Å². The number of fused-ring (bicyclic) bond motifs is 1. The third kappa shape index (κ3) is 1.21. The Hall–Kier alpha value is -1.65. The van der Waals surface area contributed by atoms with Gasteiger partial charge in [-0.3, -0.25) is 0 Å². The highest BCUT2D eigenvalue weighted by Crippen LogP contribution is 2.19. The first-order valence-electron chi connectivity index (χ1n) is 4.48. The smallest absolute Gasteiger partial charge is 0.245 e. The van der Waals surface area contributed by atoms with Crippen LogP contribution < -0.4 is 4.74 Å². The molecule has 2 heterocycles. The van der Waals surface area contributed by atoms with E-state index < -0.39 is 0 Å². The number of hydrogen-bond donors (Lipinski definition) is 0. The molecule has 74 valence electrons. The van der Waals surface area contributed by atoms with Crippen LogP contribution in [-0.2, 0) is 13.5 Å². The number of hydrogen-bond acceptors (Lipinski definition) is 4. The molecule has 2 aromatic heterocycles. The van der Waals surface area contributed by atoms with E-state index in [1.165, 1.54) is 0 Å². The van der Waals surface area contributed by atoms with Gasteiger partial charge in [-0.2, -0.15) is 4.98 Å². The summed E-state index contributed by atoms with van der Waals surface area (Å²) < 4.78 is 7.02. The maximum atomic E-state index is 5.16. The average molecular weight is 192 g/mol. The van der Waals surface area contributed by atoms with Crippen molar-refractivity contribution in [1.29, 1.82) is 0 Å². The molecule has 2 aromatic rings. The van der Waals surface area contributed by atoms with Crippen molar-refractivity contribution in [2.24, 2.45) is 7.05 Å². The van der Waals surface area contributed by atoms with Crippen LogP contribution in [0.1, 0.15) is 12.7 Å². The first kappa shape index (κ1) is 8.93. The van der Waals surface area contributed by atoms with Crippen molar-refractivity contribution in [3.8, 4) is 5.88 Å². The number of rotatable bonds is 2. The van der Waals surface area contributed by atoms with E-state index in [1.54, 1.807) is 13.4 Å². The molecule has 5 heteroatoms. The fraction of sp³-hybridized carbons (Fsp3) is 0.444. The van der Waals surface area contributed by atoms with Gasteiger partial charge in [0.15, 0.2) is 11.2 Å². The SMILES string of the molecule is CCc1nc(OC)c2ncn(C)c2n1. The van der Waals surface area contributed by atoms with Gasteiger partial charge in [0.2, 0.25) is 5.88 Å². The quantitative estimate of drug-likeness (QED) is 0.710. The summed E-state index contributed by atoms with van der Waals surface area (Å²) in [5.74, 6) is 1.32. The summed E-state index contributed by atoms with van der Waals surface area (Å²) in [6, 6.07) is 0. The molecule has 0 saturated heterocycles. The molecule has 0 saturated carbocycles. The van der Waals surface area contributed by atoms with Gasteiger partial charge in [0.1, 0.15) is 5.82 Å². The molecule has 2 rings (SSSR count). The van der Waals surface area contributed by atoms with E-state index >= 15 is 0 Å². The molecule has 0 aliphatic heterocycles. The van der Waals surface area contributed by atoms with Crippen molar-refractivity contribution in [3.05, 3.63) is 12.2 Å². The predicted molar refractivity (Wildman–Crippen MR) is 52.2 cm³/mol. The van der Waals surface area contributed by atoms with Gasteiger partial charge in [-0.15, -0.1) is 0 Å². The van der Waals surface area contributed by atoms with Crippen molar-refractivity contribution < 1.29 is 4.74 Å². The van der Waals surface area contributed by atoms with Crippen molar-refractivity contribution >= 4 is 11.2 Å². The summed E-state index contributed by atoms with van der Waals surface area (Å²) in [6.45, 7) is 2.01. The lowest BCUT2D eigenvalue weighted by molar-refractivity contribution is 0.400. The van der Waals surface area contributed by atoms with Crippen LogP contribution in [0, 0.1) is 0 Å². The van der Waals surface area contributed by atoms with E-state index in [0.29, 0.717) is 11.4 Å². The molecule has 5 nitrogen and oxygen atoms in total. The molecular weight excluding hydrogens is 180 g/mol. The zero-order valence-electron chi connectivity index (χ0n) is 8.48. The Morgan fingerprint density at radius 1 is 1.43 bits per heavy atom. The zero-order valence-corrected chi connectivity index (χ0v) is 8.48. The molecule has 0 N–H and O–H groups in total. The highest BCUT2D eigenvalue weighted by Gasteiger charge is 2.10. The second-order valence-corrected chi connectivity index (χ2v) is 3.03. The van der Waals surface area contributed by atoms with Gasteiger partial charge in [-0.25, -0.2) is 9.97 Å². The molecule has 0 aliphatic carbocycles. The maximum absolute atomic E-state index is 5.16. The van der Waals surface area contributed by atoms with Crippen LogP contribution in [0.25, 0.3) is 11.2 Å². The second-order valence-electron chi connectivity index (χ2n) is 3.03. The van der Waals surface area contributed by atoms with E-state index in [9.17, 15) is 0 Å². The van der Waals surface area contributed by atoms with Crippen molar-refractivity contribution in [1.82, 2.24) is 19.5 Å². The normalized spacial score (nSPS) is 10.8. The van der Waals surface area contributed by atoms with Crippen molar-refractivity contribution in [3.63, 3.8) is 0 Å². The van der Waals surface area contributed by atoms with Crippen LogP contribution in [0.4, 0.5) is 0 Å². The molecule has 14 heavy (non-hydrogen) atoms. The molecule has 0 fully saturated rings. The second kappa shape index (κ2) is 3.25. The number of imidazole rings is 1. The van der Waals surface area contributed by atoms with Crippen LogP contribution in [0.5, 0.6) is 5.88 Å². The lowest BCUT2D eigenvalue weighted by Crippen LogP contribution is -1.99. The Kier molecular flexibility index (Phi) is 2.07. The van der Waals surface area contributed by atoms with Gasteiger partial charge in [0.05, 0.1) is 13.4 Å². The maximum Gasteiger partial charge on any atom is 0.245 e. The third-order valence-corrected chi connectivity index (χ3v) is 2.08. The van der Waals surface area contributed by atoms with E-state index in [-0.39, 0.29) is 0 Å². The van der Waals surface area contributed by atoms with Gasteiger partial charge in [0, 0.05) is 13.5 Å². The summed E-state index contributed by atoms with van der Waals surface area (Å²) >= 11 is 0. The minimum atomic E-state index is 0.549. The summed E-state index contributed by atoms with van der Waals surface area (Å²) in [7, 11) is 3.50. The predicted octanol–water partition coefficient (Wildman–Crippen LogP) is 0.934. The topological polar surface area (TPSA) is 52.8 Å². The van der Waals surface area contributed by atoms with Gasteiger partial charge in [0.25, 0.3) is 0 Å². The minimum absolute atomic E-state index is 0.549. The highest BCUT2D eigenvalue weighted by atomic mass is 16.5. The monoisotopic (exact) mass is 192 g/mol. The fourth-order valence-electron chi connectivity index (χ4n) is 1.32. The highest BCUT2D eigenvalue weighted by molar-refractivity contribution is 5.76. The summed E-state index contributed by atoms with van der Waals surface area (Å²) in [6.07, 6.45) is 2.50. The molecular formula is C9H12N4O. The fourth-order valence-corrected chi connectivity index (χ4v) is 1.32. The molecule has 0 aromatic carbocycles. The van der Waals surface area contributed by atoms with Crippen molar-refractivity contribution in [2.75, 3.05) is 7.11 Å². The number of aromatic nitrogens is 4. The Labute approximate surface area is 81.8 Å². The molecule has 0 radical (unpaired) electrons. The molecule has 0 bridgehead atoms. The lowest BCUT2D eigenvalue weighted by Gasteiger charge is -2.02. The van der Waals surface area contributed by atoms with E-state index in [1.807, 2.05) is 18.5 Å². The Morgan fingerprint density at radius 2 is 2.21 bits per heavy atom. The molecule has 0 unspecified atom stereocenters. The van der Waals surface area contributed by atoms with Gasteiger partial charge in [-0.05, 0) is 0 Å². The van der Waals surface area contributed by atoms with Gasteiger partial charge >= 0.3 is 0 Å². The van der Waals surface area contributed by atoms with E-state index in [0.717, 1.165) is 17.9 Å².